The van der Waals surface area contributed by atoms with Crippen LogP contribution >= 0.6 is 11.8 Å². The number of benzene rings is 2. The zero-order valence-corrected chi connectivity index (χ0v) is 12.9. The quantitative estimate of drug-likeness (QED) is 0.699. The molecule has 3 heteroatoms. The summed E-state index contributed by atoms with van der Waals surface area (Å²) < 4.78 is 2.36. The van der Waals surface area contributed by atoms with E-state index in [2.05, 4.69) is 65.4 Å². The van der Waals surface area contributed by atoms with Crippen LogP contribution in [0.5, 0.6) is 0 Å². The molecule has 0 aliphatic heterocycles. The van der Waals surface area contributed by atoms with Gasteiger partial charge in [0.25, 0.3) is 0 Å². The van der Waals surface area contributed by atoms with E-state index in [1.165, 1.54) is 21.4 Å². The third-order valence-corrected chi connectivity index (χ3v) is 4.62. The van der Waals surface area contributed by atoms with Crippen molar-refractivity contribution in [2.45, 2.75) is 17.9 Å². The summed E-state index contributed by atoms with van der Waals surface area (Å²) in [6.45, 7) is 1.72. The van der Waals surface area contributed by atoms with Crippen LogP contribution in [-0.2, 0) is 13.0 Å². The van der Waals surface area contributed by atoms with Crippen molar-refractivity contribution in [3.05, 3.63) is 66.4 Å². The number of hydrogen-bond donors (Lipinski definition) is 1. The summed E-state index contributed by atoms with van der Waals surface area (Å²) in [6.07, 6.45) is 3.21. The fourth-order valence-corrected chi connectivity index (χ4v) is 3.51. The Hall–Kier alpha value is -1.71. The van der Waals surface area contributed by atoms with E-state index in [1.807, 2.05) is 11.8 Å². The molecule has 2 aromatic carbocycles. The third-order valence-electron chi connectivity index (χ3n) is 3.63. The van der Waals surface area contributed by atoms with Crippen LogP contribution in [0.1, 0.15) is 5.56 Å². The lowest BCUT2D eigenvalue weighted by atomic mass is 10.1. The Balaban J connectivity index is 1.74. The molecule has 1 heterocycles. The zero-order chi connectivity index (χ0) is 14.5. The van der Waals surface area contributed by atoms with E-state index in [0.717, 1.165) is 18.7 Å². The second kappa shape index (κ2) is 6.83. The highest BCUT2D eigenvalue weighted by molar-refractivity contribution is 7.99. The molecule has 2 nitrogen and oxygen atoms in total. The summed E-state index contributed by atoms with van der Waals surface area (Å²) in [4.78, 5) is 1.33. The molecule has 0 aliphatic rings. The number of hydrogen-bond acceptors (Lipinski definition) is 2. The zero-order valence-electron chi connectivity index (χ0n) is 12.0. The minimum absolute atomic E-state index is 0.701. The molecule has 21 heavy (non-hydrogen) atoms. The molecule has 0 radical (unpaired) electrons. The number of aromatic nitrogens is 1. The van der Waals surface area contributed by atoms with Crippen LogP contribution in [-0.4, -0.2) is 16.9 Å². The summed E-state index contributed by atoms with van der Waals surface area (Å²) in [7, 11) is 0. The highest BCUT2D eigenvalue weighted by Gasteiger charge is 2.07. The lowest BCUT2D eigenvalue weighted by molar-refractivity contribution is 0.800. The van der Waals surface area contributed by atoms with E-state index < -0.39 is 0 Å². The fraction of sp³-hybridized carbons (Fsp3) is 0.222. The summed E-state index contributed by atoms with van der Waals surface area (Å²) in [5.41, 5.74) is 8.40. The van der Waals surface area contributed by atoms with Gasteiger partial charge in [-0.15, -0.1) is 11.8 Å². The number of thioether (sulfide) groups is 1. The monoisotopic (exact) mass is 296 g/mol. The van der Waals surface area contributed by atoms with E-state index in [4.69, 9.17) is 5.73 Å². The number of fused-ring (bicyclic) bond motifs is 1. The number of nitrogens with zero attached hydrogens (tertiary/aromatic N) is 1. The number of aryl methyl sites for hydroxylation is 1. The van der Waals surface area contributed by atoms with Crippen molar-refractivity contribution in [2.24, 2.45) is 5.73 Å². The molecule has 0 amide bonds. The Labute approximate surface area is 130 Å². The van der Waals surface area contributed by atoms with Crippen molar-refractivity contribution >= 4 is 22.7 Å². The molecule has 0 atom stereocenters. The molecule has 3 aromatic rings. The first kappa shape index (κ1) is 14.2. The van der Waals surface area contributed by atoms with E-state index in [1.54, 1.807) is 0 Å². The molecule has 0 spiro atoms. The molecular formula is C18H20N2S. The van der Waals surface area contributed by atoms with Crippen molar-refractivity contribution in [1.82, 2.24) is 4.57 Å². The van der Waals surface area contributed by atoms with Gasteiger partial charge in [0.1, 0.15) is 0 Å². The van der Waals surface area contributed by atoms with Crippen LogP contribution < -0.4 is 5.73 Å². The van der Waals surface area contributed by atoms with Gasteiger partial charge in [-0.3, -0.25) is 0 Å². The lowest BCUT2D eigenvalue weighted by Gasteiger charge is -2.05. The highest BCUT2D eigenvalue weighted by Crippen LogP contribution is 2.23. The predicted octanol–water partition coefficient (Wildman–Crippen LogP) is 3.93. The van der Waals surface area contributed by atoms with Gasteiger partial charge in [0.05, 0.1) is 0 Å². The Morgan fingerprint density at radius 2 is 1.71 bits per heavy atom. The van der Waals surface area contributed by atoms with Gasteiger partial charge < -0.3 is 10.3 Å². The molecule has 0 saturated heterocycles. The average molecular weight is 296 g/mol. The maximum absolute atomic E-state index is 5.72. The van der Waals surface area contributed by atoms with E-state index in [9.17, 15) is 0 Å². The first-order valence-electron chi connectivity index (χ1n) is 7.33. The van der Waals surface area contributed by atoms with Gasteiger partial charge in [0, 0.05) is 34.3 Å². The van der Waals surface area contributed by atoms with Gasteiger partial charge in [0.15, 0.2) is 0 Å². The molecule has 0 unspecified atom stereocenters. The normalized spacial score (nSPS) is 11.1. The third kappa shape index (κ3) is 3.31. The largest absolute Gasteiger partial charge is 0.346 e. The second-order valence-electron chi connectivity index (χ2n) is 5.07. The minimum atomic E-state index is 0.701. The maximum atomic E-state index is 5.72. The summed E-state index contributed by atoms with van der Waals surface area (Å²) in [5.74, 6) is 1.07. The van der Waals surface area contributed by atoms with Crippen molar-refractivity contribution < 1.29 is 0 Å². The van der Waals surface area contributed by atoms with Gasteiger partial charge in [0.2, 0.25) is 0 Å². The SMILES string of the molecule is NCCc1cn(CCSc2ccccc2)c2ccccc12. The van der Waals surface area contributed by atoms with Crippen molar-refractivity contribution in [1.29, 1.82) is 0 Å². The Kier molecular flexibility index (Phi) is 4.63. The van der Waals surface area contributed by atoms with Gasteiger partial charge in [-0.1, -0.05) is 36.4 Å². The van der Waals surface area contributed by atoms with Crippen LogP contribution in [0.2, 0.25) is 0 Å². The molecule has 0 bridgehead atoms. The van der Waals surface area contributed by atoms with Crippen LogP contribution in [0.15, 0.2) is 65.7 Å². The Morgan fingerprint density at radius 1 is 0.952 bits per heavy atom. The first-order chi connectivity index (χ1) is 10.4. The molecule has 0 saturated carbocycles. The summed E-state index contributed by atoms with van der Waals surface area (Å²) >= 11 is 1.90. The molecule has 0 aliphatic carbocycles. The molecule has 108 valence electrons. The van der Waals surface area contributed by atoms with E-state index >= 15 is 0 Å². The Bertz CT molecular complexity index is 704. The van der Waals surface area contributed by atoms with Gasteiger partial charge in [-0.25, -0.2) is 0 Å². The van der Waals surface area contributed by atoms with Crippen LogP contribution in [0.25, 0.3) is 10.9 Å². The number of nitrogens with two attached hydrogens (primary N) is 1. The maximum Gasteiger partial charge on any atom is 0.0483 e. The molecule has 0 fully saturated rings. The Morgan fingerprint density at radius 3 is 2.52 bits per heavy atom. The van der Waals surface area contributed by atoms with Gasteiger partial charge in [-0.2, -0.15) is 0 Å². The van der Waals surface area contributed by atoms with Crippen molar-refractivity contribution in [3.8, 4) is 0 Å². The predicted molar refractivity (Wildman–Crippen MR) is 91.9 cm³/mol. The summed E-state index contributed by atoms with van der Waals surface area (Å²) in [5, 5.41) is 1.34. The van der Waals surface area contributed by atoms with E-state index in [-0.39, 0.29) is 0 Å². The van der Waals surface area contributed by atoms with Crippen LogP contribution in [0, 0.1) is 0 Å². The second-order valence-corrected chi connectivity index (χ2v) is 6.23. The van der Waals surface area contributed by atoms with Gasteiger partial charge >= 0.3 is 0 Å². The smallest absolute Gasteiger partial charge is 0.0483 e. The molecular weight excluding hydrogens is 276 g/mol. The number of para-hydroxylation sites is 1. The molecule has 2 N–H and O–H groups in total. The lowest BCUT2D eigenvalue weighted by Crippen LogP contribution is -2.02. The first-order valence-corrected chi connectivity index (χ1v) is 8.31. The average Bonchev–Trinajstić information content (AvgIpc) is 2.87. The topological polar surface area (TPSA) is 30.9 Å². The molecule has 3 rings (SSSR count). The standard InChI is InChI=1S/C18H20N2S/c19-11-10-15-14-20(18-9-5-4-8-17(15)18)12-13-21-16-6-2-1-3-7-16/h1-9,14H,10-13,19H2. The van der Waals surface area contributed by atoms with Crippen molar-refractivity contribution in [3.63, 3.8) is 0 Å². The van der Waals surface area contributed by atoms with Gasteiger partial charge in [-0.05, 0) is 36.7 Å². The summed E-state index contributed by atoms with van der Waals surface area (Å²) in [6, 6.07) is 19.2. The minimum Gasteiger partial charge on any atom is -0.346 e. The highest BCUT2D eigenvalue weighted by atomic mass is 32.2. The van der Waals surface area contributed by atoms with Crippen LogP contribution in [0.4, 0.5) is 0 Å². The van der Waals surface area contributed by atoms with Crippen molar-refractivity contribution in [2.75, 3.05) is 12.3 Å². The molecule has 1 aromatic heterocycles. The fourth-order valence-electron chi connectivity index (χ4n) is 2.64. The number of rotatable bonds is 6. The van der Waals surface area contributed by atoms with Crippen LogP contribution in [0.3, 0.4) is 0 Å². The van der Waals surface area contributed by atoms with E-state index in [0.29, 0.717) is 6.54 Å².